The number of nitrogens with one attached hydrogen (secondary N) is 2. The first-order valence-corrected chi connectivity index (χ1v) is 9.89. The number of carbonyl (C=O) groups excluding carboxylic acids is 1. The molecule has 7 heteroatoms. The Morgan fingerprint density at radius 3 is 2.90 bits per heavy atom. The van der Waals surface area contributed by atoms with Gasteiger partial charge in [0.15, 0.2) is 9.84 Å². The molecule has 0 aromatic carbocycles. The fourth-order valence-electron chi connectivity index (χ4n) is 2.44. The van der Waals surface area contributed by atoms with Crippen LogP contribution in [0.3, 0.4) is 0 Å². The van der Waals surface area contributed by atoms with Gasteiger partial charge in [-0.25, -0.2) is 13.2 Å². The van der Waals surface area contributed by atoms with E-state index in [9.17, 15) is 13.2 Å². The molecule has 0 spiro atoms. The fourth-order valence-corrected chi connectivity index (χ4v) is 5.18. The summed E-state index contributed by atoms with van der Waals surface area (Å²) in [4.78, 5) is 13.0. The van der Waals surface area contributed by atoms with Crippen LogP contribution in [0.5, 0.6) is 0 Å². The molecule has 1 fully saturated rings. The predicted octanol–water partition coefficient (Wildman–Crippen LogP) is 1.66. The summed E-state index contributed by atoms with van der Waals surface area (Å²) >= 11 is 1.73. The van der Waals surface area contributed by atoms with E-state index in [0.29, 0.717) is 25.4 Å². The number of carbonyl (C=O) groups is 1. The minimum absolute atomic E-state index is 0.0595. The number of amides is 2. The summed E-state index contributed by atoms with van der Waals surface area (Å²) in [6, 6.07) is 3.92. The van der Waals surface area contributed by atoms with Gasteiger partial charge in [-0.1, -0.05) is 13.0 Å². The highest BCUT2D eigenvalue weighted by molar-refractivity contribution is 7.91. The number of hydrogen-bond acceptors (Lipinski definition) is 4. The molecule has 2 amide bonds. The molecule has 1 aromatic rings. The molecule has 2 N–H and O–H groups in total. The van der Waals surface area contributed by atoms with Crippen LogP contribution in [0.1, 0.15) is 18.2 Å². The Labute approximate surface area is 130 Å². The lowest BCUT2D eigenvalue weighted by atomic mass is 10.1. The van der Waals surface area contributed by atoms with E-state index in [0.717, 1.165) is 6.42 Å². The third-order valence-corrected chi connectivity index (χ3v) is 6.35. The van der Waals surface area contributed by atoms with E-state index >= 15 is 0 Å². The maximum absolute atomic E-state index is 11.7. The summed E-state index contributed by atoms with van der Waals surface area (Å²) in [5, 5.41) is 7.66. The molecule has 0 aliphatic carbocycles. The van der Waals surface area contributed by atoms with Gasteiger partial charge in [-0.3, -0.25) is 0 Å². The van der Waals surface area contributed by atoms with Gasteiger partial charge < -0.3 is 10.6 Å². The van der Waals surface area contributed by atoms with E-state index in [2.05, 4.69) is 29.0 Å². The van der Waals surface area contributed by atoms with Gasteiger partial charge >= 0.3 is 6.03 Å². The lowest BCUT2D eigenvalue weighted by molar-refractivity contribution is 0.237. The Hall–Kier alpha value is -1.08. The van der Waals surface area contributed by atoms with Crippen molar-refractivity contribution >= 4 is 27.2 Å². The van der Waals surface area contributed by atoms with Crippen molar-refractivity contribution in [3.63, 3.8) is 0 Å². The summed E-state index contributed by atoms with van der Waals surface area (Å²) in [7, 11) is -2.87. The second-order valence-electron chi connectivity index (χ2n) is 5.75. The first-order chi connectivity index (χ1) is 9.94. The van der Waals surface area contributed by atoms with Gasteiger partial charge in [0.2, 0.25) is 0 Å². The number of rotatable bonds is 6. The van der Waals surface area contributed by atoms with E-state index in [1.807, 2.05) is 6.07 Å². The molecule has 1 aliphatic rings. The largest absolute Gasteiger partial charge is 0.338 e. The van der Waals surface area contributed by atoms with Crippen molar-refractivity contribution in [2.24, 2.45) is 11.8 Å². The van der Waals surface area contributed by atoms with Gasteiger partial charge in [-0.05, 0) is 36.1 Å². The number of hydrogen-bond donors (Lipinski definition) is 2. The van der Waals surface area contributed by atoms with Crippen LogP contribution in [0.2, 0.25) is 0 Å². The van der Waals surface area contributed by atoms with Crippen molar-refractivity contribution in [3.8, 4) is 0 Å². The van der Waals surface area contributed by atoms with Gasteiger partial charge in [-0.2, -0.15) is 0 Å². The average Bonchev–Trinajstić information content (AvgIpc) is 3.03. The molecule has 2 atom stereocenters. The lowest BCUT2D eigenvalue weighted by Gasteiger charge is -2.14. The molecule has 2 rings (SSSR count). The summed E-state index contributed by atoms with van der Waals surface area (Å²) in [6.07, 6.45) is 1.61. The molecule has 0 radical (unpaired) electrons. The normalized spacial score (nSPS) is 21.9. The van der Waals surface area contributed by atoms with Crippen LogP contribution in [0.15, 0.2) is 17.5 Å². The van der Waals surface area contributed by atoms with Crippen LogP contribution in [0.4, 0.5) is 4.79 Å². The molecule has 0 unspecified atom stereocenters. The summed E-state index contributed by atoms with van der Waals surface area (Å²) < 4.78 is 22.6. The van der Waals surface area contributed by atoms with Crippen molar-refractivity contribution in [3.05, 3.63) is 22.4 Å². The second kappa shape index (κ2) is 7.26. The molecule has 0 bridgehead atoms. The summed E-state index contributed by atoms with van der Waals surface area (Å²) in [6.45, 7) is 3.15. The Kier molecular flexibility index (Phi) is 5.64. The zero-order valence-corrected chi connectivity index (χ0v) is 13.8. The highest BCUT2D eigenvalue weighted by Crippen LogP contribution is 2.17. The van der Waals surface area contributed by atoms with Crippen molar-refractivity contribution < 1.29 is 13.2 Å². The SMILES string of the molecule is C[C@H](CNC(=O)NC[C@H]1CCS(=O)(=O)C1)Cc1cccs1. The minimum atomic E-state index is -2.87. The van der Waals surface area contributed by atoms with Crippen LogP contribution in [-0.4, -0.2) is 39.0 Å². The van der Waals surface area contributed by atoms with Crippen molar-refractivity contribution in [1.82, 2.24) is 10.6 Å². The molecule has 5 nitrogen and oxygen atoms in total. The van der Waals surface area contributed by atoms with Gasteiger partial charge in [-0.15, -0.1) is 11.3 Å². The fraction of sp³-hybridized carbons (Fsp3) is 0.643. The van der Waals surface area contributed by atoms with Gasteiger partial charge in [0.1, 0.15) is 0 Å². The predicted molar refractivity (Wildman–Crippen MR) is 85.3 cm³/mol. The smallest absolute Gasteiger partial charge is 0.314 e. The monoisotopic (exact) mass is 330 g/mol. The second-order valence-corrected chi connectivity index (χ2v) is 9.01. The zero-order valence-electron chi connectivity index (χ0n) is 12.2. The van der Waals surface area contributed by atoms with Crippen molar-refractivity contribution in [2.75, 3.05) is 24.6 Å². The van der Waals surface area contributed by atoms with E-state index in [1.165, 1.54) is 4.88 Å². The highest BCUT2D eigenvalue weighted by atomic mass is 32.2. The van der Waals surface area contributed by atoms with Crippen LogP contribution >= 0.6 is 11.3 Å². The molecule has 1 aromatic heterocycles. The van der Waals surface area contributed by atoms with Crippen LogP contribution < -0.4 is 10.6 Å². The Bertz CT molecular complexity index is 555. The first-order valence-electron chi connectivity index (χ1n) is 7.19. The Morgan fingerprint density at radius 1 is 1.48 bits per heavy atom. The third-order valence-electron chi connectivity index (χ3n) is 3.62. The van der Waals surface area contributed by atoms with E-state index in [1.54, 1.807) is 11.3 Å². The first kappa shape index (κ1) is 16.3. The standard InChI is InChI=1S/C14H22N2O3S2/c1-11(7-13-3-2-5-20-13)8-15-14(17)16-9-12-4-6-21(18,19)10-12/h2-3,5,11-12H,4,6-10H2,1H3,(H2,15,16,17)/t11-,12+/m0/s1. The summed E-state index contributed by atoms with van der Waals surface area (Å²) in [5.74, 6) is 0.881. The number of sulfone groups is 1. The summed E-state index contributed by atoms with van der Waals surface area (Å²) in [5.41, 5.74) is 0. The number of thiophene rings is 1. The molecule has 21 heavy (non-hydrogen) atoms. The average molecular weight is 330 g/mol. The van der Waals surface area contributed by atoms with E-state index in [4.69, 9.17) is 0 Å². The molecule has 1 aliphatic heterocycles. The molecule has 2 heterocycles. The molecule has 0 saturated carbocycles. The van der Waals surface area contributed by atoms with Gasteiger partial charge in [0.05, 0.1) is 11.5 Å². The minimum Gasteiger partial charge on any atom is -0.338 e. The van der Waals surface area contributed by atoms with E-state index < -0.39 is 9.84 Å². The number of urea groups is 1. The maximum atomic E-state index is 11.7. The Balaban J connectivity index is 1.61. The quantitative estimate of drug-likeness (QED) is 0.833. The Morgan fingerprint density at radius 2 is 2.29 bits per heavy atom. The lowest BCUT2D eigenvalue weighted by Crippen LogP contribution is -2.40. The topological polar surface area (TPSA) is 75.3 Å². The molecular formula is C14H22N2O3S2. The molecular weight excluding hydrogens is 308 g/mol. The highest BCUT2D eigenvalue weighted by Gasteiger charge is 2.27. The van der Waals surface area contributed by atoms with Gasteiger partial charge in [0, 0.05) is 18.0 Å². The van der Waals surface area contributed by atoms with Gasteiger partial charge in [0.25, 0.3) is 0 Å². The molecule has 118 valence electrons. The van der Waals surface area contributed by atoms with Crippen LogP contribution in [0, 0.1) is 11.8 Å². The van der Waals surface area contributed by atoms with Crippen LogP contribution in [-0.2, 0) is 16.3 Å². The van der Waals surface area contributed by atoms with Crippen molar-refractivity contribution in [2.45, 2.75) is 19.8 Å². The van der Waals surface area contributed by atoms with Crippen molar-refractivity contribution in [1.29, 1.82) is 0 Å². The van der Waals surface area contributed by atoms with Crippen LogP contribution in [0.25, 0.3) is 0 Å². The zero-order chi connectivity index (χ0) is 15.3. The third kappa shape index (κ3) is 5.67. The molecule has 1 saturated heterocycles. The van der Waals surface area contributed by atoms with E-state index in [-0.39, 0.29) is 23.5 Å². The maximum Gasteiger partial charge on any atom is 0.314 e.